The minimum atomic E-state index is -0.926. The van der Waals surface area contributed by atoms with E-state index in [0.717, 1.165) is 0 Å². The van der Waals surface area contributed by atoms with Gasteiger partial charge in [0.25, 0.3) is 0 Å². The average molecular weight is 374 g/mol. The number of phenols is 1. The third-order valence-corrected chi connectivity index (χ3v) is 3.97. The fourth-order valence-corrected chi connectivity index (χ4v) is 2.55. The van der Waals surface area contributed by atoms with Crippen molar-refractivity contribution in [2.45, 2.75) is 39.5 Å². The number of aliphatic hydroxyl groups is 1. The summed E-state index contributed by atoms with van der Waals surface area (Å²) < 4.78 is 15.3. The van der Waals surface area contributed by atoms with Crippen LogP contribution >= 0.6 is 0 Å². The molecule has 0 saturated heterocycles. The van der Waals surface area contributed by atoms with Crippen LogP contribution in [0.2, 0.25) is 0 Å². The molecule has 3 rings (SSSR count). The molecule has 2 aromatic heterocycles. The topological polar surface area (TPSA) is 108 Å². The maximum Gasteiger partial charge on any atom is 0.226 e. The Kier molecular flexibility index (Phi) is 5.13. The number of aromatic hydroxyl groups is 1. The molecule has 0 aliphatic heterocycles. The monoisotopic (exact) mass is 374 g/mol. The Morgan fingerprint density at radius 1 is 1.22 bits per heavy atom. The van der Waals surface area contributed by atoms with Gasteiger partial charge in [0, 0.05) is 25.2 Å². The first-order valence-electron chi connectivity index (χ1n) is 8.67. The van der Waals surface area contributed by atoms with Gasteiger partial charge in [-0.2, -0.15) is 9.97 Å². The molecule has 0 atom stereocenters. The molecule has 3 aromatic rings. The molecular formula is C18H23FN6O2. The number of anilines is 2. The number of halogens is 1. The number of benzene rings is 1. The van der Waals surface area contributed by atoms with Crippen LogP contribution in [0.25, 0.3) is 11.2 Å². The molecular weight excluding hydrogens is 351 g/mol. The summed E-state index contributed by atoms with van der Waals surface area (Å²) in [6, 6.07) is 3.77. The van der Waals surface area contributed by atoms with Crippen molar-refractivity contribution < 1.29 is 14.6 Å². The van der Waals surface area contributed by atoms with Crippen LogP contribution in [0.15, 0.2) is 24.5 Å². The SMILES string of the molecule is CCn1cnc2c(NCc3cc(F)ccc3O)nc(NCC(C)(C)O)nc21. The van der Waals surface area contributed by atoms with Crippen LogP contribution in [-0.2, 0) is 13.1 Å². The molecule has 9 heteroatoms. The predicted octanol–water partition coefficient (Wildman–Crippen LogP) is 2.49. The smallest absolute Gasteiger partial charge is 0.226 e. The zero-order chi connectivity index (χ0) is 19.6. The van der Waals surface area contributed by atoms with Gasteiger partial charge in [-0.05, 0) is 39.0 Å². The second-order valence-electron chi connectivity index (χ2n) is 6.89. The van der Waals surface area contributed by atoms with Crippen LogP contribution in [0.5, 0.6) is 5.75 Å². The minimum Gasteiger partial charge on any atom is -0.508 e. The van der Waals surface area contributed by atoms with E-state index in [-0.39, 0.29) is 18.8 Å². The van der Waals surface area contributed by atoms with Crippen LogP contribution in [0, 0.1) is 5.82 Å². The standard InChI is InChI=1S/C18H23FN6O2/c1-4-25-10-22-14-15(20-8-11-7-12(19)5-6-13(11)26)23-17(24-16(14)25)21-9-18(2,3)27/h5-7,10,26-27H,4,8-9H2,1-3H3,(H2,20,21,23,24). The summed E-state index contributed by atoms with van der Waals surface area (Å²) in [5, 5.41) is 25.9. The first-order chi connectivity index (χ1) is 12.8. The van der Waals surface area contributed by atoms with Crippen molar-refractivity contribution >= 4 is 22.9 Å². The van der Waals surface area contributed by atoms with Gasteiger partial charge < -0.3 is 25.4 Å². The molecule has 0 unspecified atom stereocenters. The van der Waals surface area contributed by atoms with Gasteiger partial charge in [-0.3, -0.25) is 0 Å². The number of aryl methyl sites for hydroxylation is 1. The molecule has 2 heterocycles. The van der Waals surface area contributed by atoms with Gasteiger partial charge in [0.05, 0.1) is 11.9 Å². The molecule has 0 saturated carbocycles. The lowest BCUT2D eigenvalue weighted by Crippen LogP contribution is -2.30. The van der Waals surface area contributed by atoms with Crippen molar-refractivity contribution in [3.05, 3.63) is 35.9 Å². The summed E-state index contributed by atoms with van der Waals surface area (Å²) in [5.41, 5.74) is 0.686. The Labute approximate surface area is 156 Å². The van der Waals surface area contributed by atoms with Crippen molar-refractivity contribution in [2.24, 2.45) is 0 Å². The van der Waals surface area contributed by atoms with Gasteiger partial charge in [-0.15, -0.1) is 0 Å². The molecule has 8 nitrogen and oxygen atoms in total. The highest BCUT2D eigenvalue weighted by molar-refractivity contribution is 5.84. The van der Waals surface area contributed by atoms with E-state index < -0.39 is 11.4 Å². The zero-order valence-corrected chi connectivity index (χ0v) is 15.5. The molecule has 27 heavy (non-hydrogen) atoms. The number of aromatic nitrogens is 4. The lowest BCUT2D eigenvalue weighted by molar-refractivity contribution is 0.0943. The van der Waals surface area contributed by atoms with E-state index in [4.69, 9.17) is 0 Å². The molecule has 0 aliphatic rings. The largest absolute Gasteiger partial charge is 0.508 e. The first kappa shape index (κ1) is 18.8. The summed E-state index contributed by atoms with van der Waals surface area (Å²) in [7, 11) is 0. The van der Waals surface area contributed by atoms with Gasteiger partial charge in [-0.1, -0.05) is 0 Å². The Morgan fingerprint density at radius 3 is 2.70 bits per heavy atom. The number of nitrogens with one attached hydrogen (secondary N) is 2. The quantitative estimate of drug-likeness (QED) is 0.503. The molecule has 0 aliphatic carbocycles. The van der Waals surface area contributed by atoms with E-state index in [2.05, 4.69) is 25.6 Å². The molecule has 4 N–H and O–H groups in total. The lowest BCUT2D eigenvalue weighted by Gasteiger charge is -2.18. The molecule has 0 amide bonds. The highest BCUT2D eigenvalue weighted by atomic mass is 19.1. The van der Waals surface area contributed by atoms with E-state index in [1.165, 1.54) is 18.2 Å². The first-order valence-corrected chi connectivity index (χ1v) is 8.67. The third-order valence-electron chi connectivity index (χ3n) is 3.97. The second-order valence-corrected chi connectivity index (χ2v) is 6.89. The number of phenolic OH excluding ortho intramolecular Hbond substituents is 1. The van der Waals surface area contributed by atoms with E-state index in [1.807, 2.05) is 11.5 Å². The van der Waals surface area contributed by atoms with E-state index in [9.17, 15) is 14.6 Å². The molecule has 0 spiro atoms. The van der Waals surface area contributed by atoms with Crippen molar-refractivity contribution in [2.75, 3.05) is 17.2 Å². The van der Waals surface area contributed by atoms with E-state index in [1.54, 1.807) is 20.2 Å². The van der Waals surface area contributed by atoms with Gasteiger partial charge in [-0.25, -0.2) is 9.37 Å². The Hall–Kier alpha value is -2.94. The fourth-order valence-electron chi connectivity index (χ4n) is 2.55. The summed E-state index contributed by atoms with van der Waals surface area (Å²) in [6.45, 7) is 6.46. The summed E-state index contributed by atoms with van der Waals surface area (Å²) >= 11 is 0. The highest BCUT2D eigenvalue weighted by Crippen LogP contribution is 2.24. The number of hydrogen-bond donors (Lipinski definition) is 4. The number of hydrogen-bond acceptors (Lipinski definition) is 7. The van der Waals surface area contributed by atoms with Crippen LogP contribution < -0.4 is 10.6 Å². The molecule has 0 radical (unpaired) electrons. The number of fused-ring (bicyclic) bond motifs is 1. The molecule has 0 bridgehead atoms. The zero-order valence-electron chi connectivity index (χ0n) is 15.5. The number of nitrogens with zero attached hydrogens (tertiary/aromatic N) is 4. The number of rotatable bonds is 7. The van der Waals surface area contributed by atoms with Gasteiger partial charge >= 0.3 is 0 Å². The van der Waals surface area contributed by atoms with E-state index in [0.29, 0.717) is 35.0 Å². The fraction of sp³-hybridized carbons (Fsp3) is 0.389. The van der Waals surface area contributed by atoms with Crippen molar-refractivity contribution in [1.29, 1.82) is 0 Å². The minimum absolute atomic E-state index is 0.00586. The van der Waals surface area contributed by atoms with Gasteiger partial charge in [0.15, 0.2) is 17.0 Å². The van der Waals surface area contributed by atoms with Crippen LogP contribution in [0.1, 0.15) is 26.3 Å². The van der Waals surface area contributed by atoms with Crippen molar-refractivity contribution in [1.82, 2.24) is 19.5 Å². The maximum atomic E-state index is 13.4. The number of imidazole rings is 1. The normalized spacial score (nSPS) is 11.7. The van der Waals surface area contributed by atoms with Gasteiger partial charge in [0.1, 0.15) is 11.6 Å². The average Bonchev–Trinajstić information content (AvgIpc) is 3.03. The van der Waals surface area contributed by atoms with Gasteiger partial charge in [0.2, 0.25) is 5.95 Å². The second kappa shape index (κ2) is 7.36. The summed E-state index contributed by atoms with van der Waals surface area (Å²) in [6.07, 6.45) is 1.67. The molecule has 1 aromatic carbocycles. The Morgan fingerprint density at radius 2 is 2.00 bits per heavy atom. The Bertz CT molecular complexity index is 951. The van der Waals surface area contributed by atoms with E-state index >= 15 is 0 Å². The lowest BCUT2D eigenvalue weighted by atomic mass is 10.1. The summed E-state index contributed by atoms with van der Waals surface area (Å²) in [5.74, 6) is 0.355. The molecule has 0 fully saturated rings. The maximum absolute atomic E-state index is 13.4. The van der Waals surface area contributed by atoms with Crippen molar-refractivity contribution in [3.63, 3.8) is 0 Å². The third kappa shape index (κ3) is 4.43. The Balaban J connectivity index is 1.92. The summed E-state index contributed by atoms with van der Waals surface area (Å²) in [4.78, 5) is 13.3. The molecule has 144 valence electrons. The predicted molar refractivity (Wildman–Crippen MR) is 101 cm³/mol. The highest BCUT2D eigenvalue weighted by Gasteiger charge is 2.16. The van der Waals surface area contributed by atoms with Crippen LogP contribution in [0.4, 0.5) is 16.2 Å². The van der Waals surface area contributed by atoms with Crippen molar-refractivity contribution in [3.8, 4) is 5.75 Å². The van der Waals surface area contributed by atoms with Crippen LogP contribution in [0.3, 0.4) is 0 Å². The van der Waals surface area contributed by atoms with Crippen LogP contribution in [-0.4, -0.2) is 41.9 Å².